The molecule has 0 amide bonds. The van der Waals surface area contributed by atoms with Crippen LogP contribution in [-0.4, -0.2) is 37.3 Å². The Hall–Kier alpha value is 0.394. The summed E-state index contributed by atoms with van der Waals surface area (Å²) in [6.07, 6.45) is 5.52. The summed E-state index contributed by atoms with van der Waals surface area (Å²) in [4.78, 5) is 2.87. The number of piperidine rings is 1. The summed E-state index contributed by atoms with van der Waals surface area (Å²) in [7, 11) is -2.10. The van der Waals surface area contributed by atoms with Gasteiger partial charge in [0, 0.05) is 18.7 Å². The van der Waals surface area contributed by atoms with E-state index in [0.717, 1.165) is 0 Å². The van der Waals surface area contributed by atoms with Gasteiger partial charge in [0.15, 0.2) is 0 Å². The molecule has 108 valence electrons. The average Bonchev–Trinajstić information content (AvgIpc) is 2.09. The maximum absolute atomic E-state index is 2.87. The lowest BCUT2D eigenvalue weighted by Gasteiger charge is -2.56. The summed E-state index contributed by atoms with van der Waals surface area (Å²) < 4.78 is 0. The molecule has 0 saturated carbocycles. The fraction of sp³-hybridized carbons (Fsp3) is 1.00. The van der Waals surface area contributed by atoms with Gasteiger partial charge in [-0.15, -0.1) is 0 Å². The molecular formula is C15H35NSi2. The van der Waals surface area contributed by atoms with Crippen LogP contribution in [0, 0.1) is 0 Å². The third-order valence-corrected chi connectivity index (χ3v) is 23.4. The van der Waals surface area contributed by atoms with Crippen LogP contribution in [-0.2, 0) is 0 Å². The molecular weight excluding hydrogens is 250 g/mol. The van der Waals surface area contributed by atoms with Crippen molar-refractivity contribution < 1.29 is 0 Å². The molecule has 0 spiro atoms. The maximum atomic E-state index is 2.87. The molecule has 1 aliphatic rings. The Morgan fingerprint density at radius 3 is 1.56 bits per heavy atom. The zero-order valence-corrected chi connectivity index (χ0v) is 16.3. The highest BCUT2D eigenvalue weighted by atomic mass is 29.3. The second-order valence-electron chi connectivity index (χ2n) is 9.20. The van der Waals surface area contributed by atoms with E-state index < -0.39 is 15.2 Å². The standard InChI is InChI=1S/C15H35NSi2/c1-14(2)11-10-12-15(3,4)16(14)13-18(8,9)17(5,6)7/h10-13H2,1-9H3. The topological polar surface area (TPSA) is 3.24 Å². The van der Waals surface area contributed by atoms with E-state index in [2.05, 4.69) is 65.3 Å². The summed E-state index contributed by atoms with van der Waals surface area (Å²) >= 11 is 0. The van der Waals surface area contributed by atoms with Gasteiger partial charge in [0.25, 0.3) is 0 Å². The first-order chi connectivity index (χ1) is 7.80. The van der Waals surface area contributed by atoms with Gasteiger partial charge in [-0.05, 0) is 53.1 Å². The average molecular weight is 286 g/mol. The summed E-state index contributed by atoms with van der Waals surface area (Å²) in [6, 6.07) is 0. The predicted octanol–water partition coefficient (Wildman–Crippen LogP) is 4.69. The number of likely N-dealkylation sites (tertiary alicyclic amines) is 1. The van der Waals surface area contributed by atoms with Gasteiger partial charge in [-0.1, -0.05) is 32.7 Å². The van der Waals surface area contributed by atoms with Crippen LogP contribution in [0.2, 0.25) is 32.7 Å². The van der Waals surface area contributed by atoms with Crippen LogP contribution >= 0.6 is 0 Å². The summed E-state index contributed by atoms with van der Waals surface area (Å²) in [5.41, 5.74) is 0.789. The second kappa shape index (κ2) is 4.74. The van der Waals surface area contributed by atoms with Crippen LogP contribution in [0.25, 0.3) is 0 Å². The van der Waals surface area contributed by atoms with Gasteiger partial charge in [-0.25, -0.2) is 0 Å². The Labute approximate surface area is 117 Å². The molecule has 0 unspecified atom stereocenters. The minimum absolute atomic E-state index is 0.395. The van der Waals surface area contributed by atoms with Gasteiger partial charge in [0.1, 0.15) is 0 Å². The normalized spacial score (nSPS) is 25.2. The van der Waals surface area contributed by atoms with Crippen molar-refractivity contribution in [2.45, 2.75) is 90.8 Å². The van der Waals surface area contributed by atoms with Crippen molar-refractivity contribution in [3.8, 4) is 0 Å². The molecule has 0 atom stereocenters. The Balaban J connectivity index is 2.98. The largest absolute Gasteiger partial charge is 0.296 e. The van der Waals surface area contributed by atoms with Crippen LogP contribution in [0.1, 0.15) is 47.0 Å². The van der Waals surface area contributed by atoms with Crippen LogP contribution < -0.4 is 0 Å². The van der Waals surface area contributed by atoms with Crippen molar-refractivity contribution in [3.63, 3.8) is 0 Å². The molecule has 3 heteroatoms. The molecule has 0 aliphatic carbocycles. The highest BCUT2D eigenvalue weighted by Crippen LogP contribution is 2.39. The fourth-order valence-corrected chi connectivity index (χ4v) is 7.12. The van der Waals surface area contributed by atoms with Crippen LogP contribution in [0.15, 0.2) is 0 Å². The summed E-state index contributed by atoms with van der Waals surface area (Å²) in [6.45, 7) is 22.8. The van der Waals surface area contributed by atoms with E-state index in [9.17, 15) is 0 Å². The molecule has 0 bridgehead atoms. The number of hydrogen-bond donors (Lipinski definition) is 0. The summed E-state index contributed by atoms with van der Waals surface area (Å²) in [5.74, 6) is 0. The molecule has 0 N–H and O–H groups in total. The lowest BCUT2D eigenvalue weighted by molar-refractivity contribution is -0.0116. The van der Waals surface area contributed by atoms with E-state index in [1.165, 1.54) is 25.4 Å². The minimum atomic E-state index is -1.11. The Morgan fingerprint density at radius 2 is 1.22 bits per heavy atom. The highest BCUT2D eigenvalue weighted by molar-refractivity contribution is 7.40. The monoisotopic (exact) mass is 285 g/mol. The maximum Gasteiger partial charge on any atom is 0.0568 e. The van der Waals surface area contributed by atoms with Gasteiger partial charge in [0.2, 0.25) is 0 Å². The van der Waals surface area contributed by atoms with Gasteiger partial charge in [-0.3, -0.25) is 4.90 Å². The molecule has 1 heterocycles. The molecule has 0 radical (unpaired) electrons. The molecule has 1 nitrogen and oxygen atoms in total. The molecule has 1 aliphatic heterocycles. The predicted molar refractivity (Wildman–Crippen MR) is 89.5 cm³/mol. The third-order valence-electron chi connectivity index (χ3n) is 5.62. The molecule has 18 heavy (non-hydrogen) atoms. The smallest absolute Gasteiger partial charge is 0.0568 e. The molecule has 0 aromatic heterocycles. The second-order valence-corrected chi connectivity index (χ2v) is 26.3. The van der Waals surface area contributed by atoms with E-state index in [1.807, 2.05) is 0 Å². The molecule has 0 aromatic carbocycles. The third kappa shape index (κ3) is 3.28. The number of nitrogens with zero attached hydrogens (tertiary/aromatic N) is 1. The van der Waals surface area contributed by atoms with Gasteiger partial charge in [-0.2, -0.15) is 0 Å². The van der Waals surface area contributed by atoms with E-state index in [1.54, 1.807) is 0 Å². The van der Waals surface area contributed by atoms with Crippen LogP contribution in [0.3, 0.4) is 0 Å². The lowest BCUT2D eigenvalue weighted by atomic mass is 9.80. The van der Waals surface area contributed by atoms with Gasteiger partial charge in [0.05, 0.1) is 7.59 Å². The van der Waals surface area contributed by atoms with Crippen molar-refractivity contribution in [2.24, 2.45) is 0 Å². The Morgan fingerprint density at radius 1 is 0.833 bits per heavy atom. The zero-order chi connectivity index (χ0) is 14.4. The van der Waals surface area contributed by atoms with E-state index in [-0.39, 0.29) is 0 Å². The van der Waals surface area contributed by atoms with Crippen LogP contribution in [0.5, 0.6) is 0 Å². The van der Waals surface area contributed by atoms with Crippen molar-refractivity contribution in [2.75, 3.05) is 6.17 Å². The number of hydrogen-bond acceptors (Lipinski definition) is 1. The van der Waals surface area contributed by atoms with Crippen molar-refractivity contribution in [1.29, 1.82) is 0 Å². The Kier molecular flexibility index (Phi) is 4.33. The van der Waals surface area contributed by atoms with Gasteiger partial charge < -0.3 is 0 Å². The summed E-state index contributed by atoms with van der Waals surface area (Å²) in [5, 5.41) is 0. The fourth-order valence-electron chi connectivity index (χ4n) is 3.10. The lowest BCUT2D eigenvalue weighted by Crippen LogP contribution is -2.68. The molecule has 0 aromatic rings. The van der Waals surface area contributed by atoms with Crippen molar-refractivity contribution in [1.82, 2.24) is 4.90 Å². The highest BCUT2D eigenvalue weighted by Gasteiger charge is 2.47. The zero-order valence-electron chi connectivity index (χ0n) is 14.3. The van der Waals surface area contributed by atoms with Crippen LogP contribution in [0.4, 0.5) is 0 Å². The first-order valence-corrected chi connectivity index (χ1v) is 15.3. The Bertz CT molecular complexity index is 284. The van der Waals surface area contributed by atoms with Crippen molar-refractivity contribution >= 4 is 15.2 Å². The number of rotatable bonds is 3. The van der Waals surface area contributed by atoms with E-state index in [4.69, 9.17) is 0 Å². The molecule has 1 saturated heterocycles. The minimum Gasteiger partial charge on any atom is -0.296 e. The molecule has 1 rings (SSSR count). The quantitative estimate of drug-likeness (QED) is 0.680. The van der Waals surface area contributed by atoms with Gasteiger partial charge >= 0.3 is 0 Å². The first-order valence-electron chi connectivity index (χ1n) is 7.57. The SMILES string of the molecule is CC1(C)CCCC(C)(C)N1C[Si](C)(C)[Si](C)(C)C. The van der Waals surface area contributed by atoms with E-state index >= 15 is 0 Å². The molecule has 1 fully saturated rings. The first kappa shape index (κ1) is 16.4. The van der Waals surface area contributed by atoms with Crippen molar-refractivity contribution in [3.05, 3.63) is 0 Å². The van der Waals surface area contributed by atoms with E-state index in [0.29, 0.717) is 11.1 Å².